The number of allylic oxidation sites excluding steroid dienone is 1. The Bertz CT molecular complexity index is 666. The molecule has 2 aromatic rings. The van der Waals surface area contributed by atoms with Crippen LogP contribution in [0.5, 0.6) is 0 Å². The van der Waals surface area contributed by atoms with Gasteiger partial charge in [-0.1, -0.05) is 73.7 Å². The van der Waals surface area contributed by atoms with E-state index >= 15 is 0 Å². The lowest BCUT2D eigenvalue weighted by Gasteiger charge is -2.33. The second kappa shape index (κ2) is 7.43. The van der Waals surface area contributed by atoms with E-state index in [-0.39, 0.29) is 11.8 Å². The maximum Gasteiger partial charge on any atom is 0.150 e. The molecule has 0 fully saturated rings. The standard InChI is InChI=1S/C21H20N2/c1-3-14-21(15-22,16-23)17(2)20(18-10-6-4-7-11-18)19-12-8-5-9-13-19/h3-13,17,20H,1,14H2,2H3. The molecule has 0 saturated heterocycles. The third-order valence-corrected chi connectivity index (χ3v) is 4.46. The molecule has 0 heterocycles. The molecule has 23 heavy (non-hydrogen) atoms. The van der Waals surface area contributed by atoms with Gasteiger partial charge in [0.15, 0.2) is 5.41 Å². The normalized spacial score (nSPS) is 12.2. The van der Waals surface area contributed by atoms with Gasteiger partial charge in [-0.25, -0.2) is 0 Å². The van der Waals surface area contributed by atoms with E-state index in [1.165, 1.54) is 0 Å². The Kier molecular flexibility index (Phi) is 5.34. The molecule has 0 radical (unpaired) electrons. The van der Waals surface area contributed by atoms with Gasteiger partial charge in [0, 0.05) is 5.92 Å². The summed E-state index contributed by atoms with van der Waals surface area (Å²) in [5.74, 6) is -0.183. The van der Waals surface area contributed by atoms with Crippen LogP contribution >= 0.6 is 0 Å². The maximum atomic E-state index is 9.70. The van der Waals surface area contributed by atoms with E-state index in [9.17, 15) is 10.5 Å². The molecular formula is C21H20N2. The molecule has 0 aliphatic heterocycles. The molecule has 2 rings (SSSR count). The number of nitrogens with zero attached hydrogens (tertiary/aromatic N) is 2. The summed E-state index contributed by atoms with van der Waals surface area (Å²) in [6.45, 7) is 5.71. The number of benzene rings is 2. The van der Waals surface area contributed by atoms with Crippen LogP contribution in [0.3, 0.4) is 0 Å². The number of nitriles is 2. The lowest BCUT2D eigenvalue weighted by atomic mass is 9.66. The number of hydrogen-bond donors (Lipinski definition) is 0. The average Bonchev–Trinajstić information content (AvgIpc) is 2.62. The highest BCUT2D eigenvalue weighted by atomic mass is 14.5. The van der Waals surface area contributed by atoms with Gasteiger partial charge in [0.25, 0.3) is 0 Å². The summed E-state index contributed by atoms with van der Waals surface area (Å²) in [5, 5.41) is 19.4. The van der Waals surface area contributed by atoms with Crippen LogP contribution in [0, 0.1) is 34.0 Å². The van der Waals surface area contributed by atoms with Crippen molar-refractivity contribution in [1.82, 2.24) is 0 Å². The second-order valence-corrected chi connectivity index (χ2v) is 5.78. The van der Waals surface area contributed by atoms with Gasteiger partial charge in [0.05, 0.1) is 12.1 Å². The van der Waals surface area contributed by atoms with Crippen molar-refractivity contribution in [3.8, 4) is 12.1 Å². The van der Waals surface area contributed by atoms with Crippen LogP contribution in [0.4, 0.5) is 0 Å². The Balaban J connectivity index is 2.57. The zero-order valence-electron chi connectivity index (χ0n) is 13.3. The summed E-state index contributed by atoms with van der Waals surface area (Å²) in [6, 6.07) is 24.7. The molecule has 0 amide bonds. The fourth-order valence-corrected chi connectivity index (χ4v) is 3.11. The highest BCUT2D eigenvalue weighted by Gasteiger charge is 2.41. The summed E-state index contributed by atoms with van der Waals surface area (Å²) in [6.07, 6.45) is 2.02. The Labute approximate surface area is 138 Å². The molecule has 2 heteroatoms. The van der Waals surface area contributed by atoms with Crippen LogP contribution in [-0.4, -0.2) is 0 Å². The quantitative estimate of drug-likeness (QED) is 0.700. The van der Waals surface area contributed by atoms with Gasteiger partial charge >= 0.3 is 0 Å². The molecule has 0 N–H and O–H groups in total. The summed E-state index contributed by atoms with van der Waals surface area (Å²) in [4.78, 5) is 0. The van der Waals surface area contributed by atoms with Crippen molar-refractivity contribution in [3.05, 3.63) is 84.4 Å². The van der Waals surface area contributed by atoms with E-state index < -0.39 is 5.41 Å². The van der Waals surface area contributed by atoms with Crippen molar-refractivity contribution >= 4 is 0 Å². The van der Waals surface area contributed by atoms with Crippen molar-refractivity contribution in [1.29, 1.82) is 10.5 Å². The first-order chi connectivity index (χ1) is 11.2. The van der Waals surface area contributed by atoms with Crippen molar-refractivity contribution in [2.24, 2.45) is 11.3 Å². The molecular weight excluding hydrogens is 280 g/mol. The van der Waals surface area contributed by atoms with Crippen LogP contribution in [0.2, 0.25) is 0 Å². The zero-order chi connectivity index (χ0) is 16.7. The predicted molar refractivity (Wildman–Crippen MR) is 92.4 cm³/mol. The fourth-order valence-electron chi connectivity index (χ4n) is 3.11. The SMILES string of the molecule is C=CCC(C#N)(C#N)C(C)C(c1ccccc1)c1ccccc1. The van der Waals surface area contributed by atoms with Crippen molar-refractivity contribution in [2.75, 3.05) is 0 Å². The minimum Gasteiger partial charge on any atom is -0.197 e. The zero-order valence-corrected chi connectivity index (χ0v) is 13.3. The Morgan fingerprint density at radius 3 is 1.74 bits per heavy atom. The van der Waals surface area contributed by atoms with E-state index in [2.05, 4.69) is 43.0 Å². The molecule has 1 unspecified atom stereocenters. The average molecular weight is 300 g/mol. The number of rotatable bonds is 6. The van der Waals surface area contributed by atoms with Crippen LogP contribution in [0.25, 0.3) is 0 Å². The molecule has 114 valence electrons. The first-order valence-corrected chi connectivity index (χ1v) is 7.72. The highest BCUT2D eigenvalue weighted by molar-refractivity contribution is 5.36. The molecule has 0 aliphatic carbocycles. The molecule has 0 bridgehead atoms. The third-order valence-electron chi connectivity index (χ3n) is 4.46. The summed E-state index contributed by atoms with van der Waals surface area (Å²) < 4.78 is 0. The molecule has 2 nitrogen and oxygen atoms in total. The van der Waals surface area contributed by atoms with E-state index in [1.54, 1.807) is 6.08 Å². The topological polar surface area (TPSA) is 47.6 Å². The predicted octanol–water partition coefficient (Wildman–Crippen LogP) is 5.06. The largest absolute Gasteiger partial charge is 0.197 e. The van der Waals surface area contributed by atoms with E-state index in [1.807, 2.05) is 43.3 Å². The third kappa shape index (κ3) is 3.33. The van der Waals surface area contributed by atoms with Gasteiger partial charge < -0.3 is 0 Å². The molecule has 0 spiro atoms. The van der Waals surface area contributed by atoms with E-state index in [4.69, 9.17) is 0 Å². The Morgan fingerprint density at radius 2 is 1.39 bits per heavy atom. The Morgan fingerprint density at radius 1 is 0.957 bits per heavy atom. The lowest BCUT2D eigenvalue weighted by molar-refractivity contribution is 0.313. The maximum absolute atomic E-state index is 9.70. The van der Waals surface area contributed by atoms with Gasteiger partial charge in [-0.05, 0) is 23.5 Å². The van der Waals surface area contributed by atoms with Gasteiger partial charge in [-0.3, -0.25) is 0 Å². The van der Waals surface area contributed by atoms with Crippen LogP contribution in [0.1, 0.15) is 30.4 Å². The van der Waals surface area contributed by atoms with Gasteiger partial charge in [0.1, 0.15) is 0 Å². The first-order valence-electron chi connectivity index (χ1n) is 7.72. The Hall–Kier alpha value is -2.84. The number of hydrogen-bond acceptors (Lipinski definition) is 2. The summed E-state index contributed by atoms with van der Waals surface area (Å²) >= 11 is 0. The van der Waals surface area contributed by atoms with Crippen LogP contribution < -0.4 is 0 Å². The van der Waals surface area contributed by atoms with Crippen molar-refractivity contribution < 1.29 is 0 Å². The van der Waals surface area contributed by atoms with Gasteiger partial charge in [0.2, 0.25) is 0 Å². The molecule has 2 aromatic carbocycles. The minimum absolute atomic E-state index is 0.0170. The fraction of sp³-hybridized carbons (Fsp3) is 0.238. The first kappa shape index (κ1) is 16.5. The van der Waals surface area contributed by atoms with Crippen molar-refractivity contribution in [3.63, 3.8) is 0 Å². The summed E-state index contributed by atoms with van der Waals surface area (Å²) in [5.41, 5.74) is 1.15. The van der Waals surface area contributed by atoms with Crippen LogP contribution in [-0.2, 0) is 0 Å². The van der Waals surface area contributed by atoms with E-state index in [0.717, 1.165) is 11.1 Å². The smallest absolute Gasteiger partial charge is 0.150 e. The molecule has 0 aromatic heterocycles. The van der Waals surface area contributed by atoms with Gasteiger partial charge in [-0.2, -0.15) is 10.5 Å². The van der Waals surface area contributed by atoms with Crippen LogP contribution in [0.15, 0.2) is 73.3 Å². The second-order valence-electron chi connectivity index (χ2n) is 5.78. The highest BCUT2D eigenvalue weighted by Crippen LogP contribution is 2.43. The van der Waals surface area contributed by atoms with Gasteiger partial charge in [-0.15, -0.1) is 6.58 Å². The minimum atomic E-state index is -1.09. The molecule has 1 atom stereocenters. The molecule has 0 saturated carbocycles. The lowest BCUT2D eigenvalue weighted by Crippen LogP contribution is -2.30. The summed E-state index contributed by atoms with van der Waals surface area (Å²) in [7, 11) is 0. The monoisotopic (exact) mass is 300 g/mol. The van der Waals surface area contributed by atoms with Crippen molar-refractivity contribution in [2.45, 2.75) is 19.3 Å². The van der Waals surface area contributed by atoms with E-state index in [0.29, 0.717) is 6.42 Å². The molecule has 0 aliphatic rings.